The van der Waals surface area contributed by atoms with Crippen molar-refractivity contribution in [2.45, 2.75) is 13.0 Å². The molecular weight excluding hydrogens is 286 g/mol. The summed E-state index contributed by atoms with van der Waals surface area (Å²) < 4.78 is 1.67. The Hall–Kier alpha value is -2.40. The van der Waals surface area contributed by atoms with Crippen LogP contribution in [-0.2, 0) is 0 Å². The first kappa shape index (κ1) is 13.6. The van der Waals surface area contributed by atoms with Crippen LogP contribution in [0, 0.1) is 0 Å². The normalized spacial score (nSPS) is 12.1. The minimum atomic E-state index is 0.0390. The van der Waals surface area contributed by atoms with Gasteiger partial charge in [0.15, 0.2) is 0 Å². The van der Waals surface area contributed by atoms with Crippen molar-refractivity contribution in [3.05, 3.63) is 65.2 Å². The molecule has 0 aliphatic rings. The molecule has 106 valence electrons. The molecule has 1 heterocycles. The van der Waals surface area contributed by atoms with Gasteiger partial charge in [-0.3, -0.25) is 0 Å². The Balaban J connectivity index is 1.85. The Morgan fingerprint density at radius 3 is 2.67 bits per heavy atom. The fourth-order valence-electron chi connectivity index (χ4n) is 2.07. The summed E-state index contributed by atoms with van der Waals surface area (Å²) in [6, 6.07) is 17.5. The highest BCUT2D eigenvalue weighted by atomic mass is 35.5. The summed E-state index contributed by atoms with van der Waals surface area (Å²) >= 11 is 6.02. The molecule has 0 saturated carbocycles. The van der Waals surface area contributed by atoms with E-state index in [1.54, 1.807) is 4.68 Å². The molecule has 3 aromatic rings. The largest absolute Gasteiger partial charge is 0.346 e. The number of hydrogen-bond donors (Lipinski definition) is 1. The van der Waals surface area contributed by atoms with E-state index in [-0.39, 0.29) is 6.04 Å². The minimum absolute atomic E-state index is 0.0390. The minimum Gasteiger partial charge on any atom is -0.346 e. The monoisotopic (exact) mass is 299 g/mol. The lowest BCUT2D eigenvalue weighted by Gasteiger charge is -2.15. The third-order valence-electron chi connectivity index (χ3n) is 3.16. The van der Waals surface area contributed by atoms with Crippen LogP contribution < -0.4 is 5.32 Å². The topological polar surface area (TPSA) is 55.6 Å². The predicted molar refractivity (Wildman–Crippen MR) is 82.6 cm³/mol. The Labute approximate surface area is 127 Å². The maximum Gasteiger partial charge on any atom is 0.248 e. The van der Waals surface area contributed by atoms with E-state index in [0.29, 0.717) is 11.0 Å². The zero-order chi connectivity index (χ0) is 14.7. The molecule has 0 radical (unpaired) electrons. The van der Waals surface area contributed by atoms with Gasteiger partial charge in [0.2, 0.25) is 5.95 Å². The molecule has 1 N–H and O–H groups in total. The van der Waals surface area contributed by atoms with E-state index in [2.05, 4.69) is 20.8 Å². The first-order valence-electron chi connectivity index (χ1n) is 6.60. The highest BCUT2D eigenvalue weighted by Gasteiger charge is 2.12. The number of aromatic nitrogens is 4. The third kappa shape index (κ3) is 3.03. The molecule has 1 atom stereocenters. The number of tetrazole rings is 1. The van der Waals surface area contributed by atoms with Crippen LogP contribution in [0.2, 0.25) is 5.02 Å². The van der Waals surface area contributed by atoms with Gasteiger partial charge in [0.05, 0.1) is 11.7 Å². The molecule has 5 nitrogen and oxygen atoms in total. The Morgan fingerprint density at radius 1 is 1.10 bits per heavy atom. The molecule has 21 heavy (non-hydrogen) atoms. The van der Waals surface area contributed by atoms with Gasteiger partial charge in [-0.05, 0) is 47.2 Å². The second kappa shape index (κ2) is 5.93. The first-order chi connectivity index (χ1) is 10.2. The maximum absolute atomic E-state index is 6.02. The van der Waals surface area contributed by atoms with E-state index in [1.807, 2.05) is 61.5 Å². The fourth-order valence-corrected chi connectivity index (χ4v) is 2.27. The highest BCUT2D eigenvalue weighted by Crippen LogP contribution is 2.21. The summed E-state index contributed by atoms with van der Waals surface area (Å²) in [6.45, 7) is 2.04. The van der Waals surface area contributed by atoms with Crippen molar-refractivity contribution in [3.63, 3.8) is 0 Å². The molecule has 1 aromatic heterocycles. The number of hydrogen-bond acceptors (Lipinski definition) is 4. The summed E-state index contributed by atoms with van der Waals surface area (Å²) in [7, 11) is 0. The standard InChI is InChI=1S/C15H14ClN5/c1-11(12-6-5-7-13(16)10-12)17-15-18-19-20-21(15)14-8-3-2-4-9-14/h2-11H,1H3,(H,17,18,20)/t11-/m1/s1. The van der Waals surface area contributed by atoms with E-state index in [0.717, 1.165) is 11.3 Å². The second-order valence-electron chi connectivity index (χ2n) is 4.67. The number of anilines is 1. The lowest BCUT2D eigenvalue weighted by Crippen LogP contribution is -2.11. The van der Waals surface area contributed by atoms with Gasteiger partial charge in [-0.2, -0.15) is 4.68 Å². The van der Waals surface area contributed by atoms with Crippen LogP contribution in [0.4, 0.5) is 5.95 Å². The zero-order valence-corrected chi connectivity index (χ0v) is 12.2. The van der Waals surface area contributed by atoms with Gasteiger partial charge in [0.25, 0.3) is 0 Å². The van der Waals surface area contributed by atoms with Gasteiger partial charge >= 0.3 is 0 Å². The summed E-state index contributed by atoms with van der Waals surface area (Å²) in [5, 5.41) is 15.8. The molecule has 0 amide bonds. The van der Waals surface area contributed by atoms with Gasteiger partial charge in [0.1, 0.15) is 0 Å². The van der Waals surface area contributed by atoms with Gasteiger partial charge in [-0.25, -0.2) is 0 Å². The molecule has 2 aromatic carbocycles. The summed E-state index contributed by atoms with van der Waals surface area (Å²) in [5.74, 6) is 0.591. The number of benzene rings is 2. The predicted octanol–water partition coefficient (Wildman–Crippen LogP) is 3.49. The fraction of sp³-hybridized carbons (Fsp3) is 0.133. The quantitative estimate of drug-likeness (QED) is 0.801. The van der Waals surface area contributed by atoms with Crippen molar-refractivity contribution in [1.82, 2.24) is 20.2 Å². The lowest BCUT2D eigenvalue weighted by molar-refractivity contribution is 0.780. The lowest BCUT2D eigenvalue weighted by atomic mass is 10.1. The average molecular weight is 300 g/mol. The van der Waals surface area contributed by atoms with Crippen LogP contribution in [-0.4, -0.2) is 20.2 Å². The number of nitrogens with zero attached hydrogens (tertiary/aromatic N) is 4. The smallest absolute Gasteiger partial charge is 0.248 e. The number of rotatable bonds is 4. The first-order valence-corrected chi connectivity index (χ1v) is 6.97. The molecule has 0 unspecified atom stereocenters. The Kier molecular flexibility index (Phi) is 3.83. The molecule has 6 heteroatoms. The van der Waals surface area contributed by atoms with Gasteiger partial charge in [-0.15, -0.1) is 0 Å². The molecule has 0 bridgehead atoms. The van der Waals surface area contributed by atoms with Crippen LogP contribution in [0.5, 0.6) is 0 Å². The van der Waals surface area contributed by atoms with Crippen molar-refractivity contribution in [1.29, 1.82) is 0 Å². The van der Waals surface area contributed by atoms with Crippen LogP contribution in [0.1, 0.15) is 18.5 Å². The highest BCUT2D eigenvalue weighted by molar-refractivity contribution is 6.30. The number of halogens is 1. The van der Waals surface area contributed by atoms with Crippen LogP contribution in [0.3, 0.4) is 0 Å². The number of nitrogens with one attached hydrogen (secondary N) is 1. The molecule has 0 aliphatic heterocycles. The Bertz CT molecular complexity index is 726. The Morgan fingerprint density at radius 2 is 1.90 bits per heavy atom. The maximum atomic E-state index is 6.02. The van der Waals surface area contributed by atoms with E-state index in [9.17, 15) is 0 Å². The summed E-state index contributed by atoms with van der Waals surface area (Å²) in [6.07, 6.45) is 0. The molecule has 0 fully saturated rings. The van der Waals surface area contributed by atoms with E-state index in [1.165, 1.54) is 0 Å². The average Bonchev–Trinajstić information content (AvgIpc) is 2.96. The molecule has 0 spiro atoms. The van der Waals surface area contributed by atoms with Crippen molar-refractivity contribution in [2.75, 3.05) is 5.32 Å². The van der Waals surface area contributed by atoms with E-state index >= 15 is 0 Å². The third-order valence-corrected chi connectivity index (χ3v) is 3.40. The molecular formula is C15H14ClN5. The van der Waals surface area contributed by atoms with Crippen molar-refractivity contribution in [3.8, 4) is 5.69 Å². The van der Waals surface area contributed by atoms with Gasteiger partial charge < -0.3 is 5.32 Å². The van der Waals surface area contributed by atoms with Crippen molar-refractivity contribution < 1.29 is 0 Å². The van der Waals surface area contributed by atoms with Gasteiger partial charge in [0, 0.05) is 5.02 Å². The van der Waals surface area contributed by atoms with E-state index in [4.69, 9.17) is 11.6 Å². The van der Waals surface area contributed by atoms with E-state index < -0.39 is 0 Å². The van der Waals surface area contributed by atoms with Crippen LogP contribution in [0.15, 0.2) is 54.6 Å². The van der Waals surface area contributed by atoms with Gasteiger partial charge in [-0.1, -0.05) is 47.0 Å². The molecule has 0 saturated heterocycles. The summed E-state index contributed by atoms with van der Waals surface area (Å²) in [4.78, 5) is 0. The van der Waals surface area contributed by atoms with Crippen molar-refractivity contribution in [2.24, 2.45) is 0 Å². The number of para-hydroxylation sites is 1. The molecule has 3 rings (SSSR count). The second-order valence-corrected chi connectivity index (χ2v) is 5.11. The van der Waals surface area contributed by atoms with Crippen molar-refractivity contribution >= 4 is 17.5 Å². The molecule has 0 aliphatic carbocycles. The summed E-state index contributed by atoms with van der Waals surface area (Å²) in [5.41, 5.74) is 1.98. The SMILES string of the molecule is C[C@@H](Nc1nnnn1-c1ccccc1)c1cccc(Cl)c1. The van der Waals surface area contributed by atoms with Crippen LogP contribution >= 0.6 is 11.6 Å². The zero-order valence-electron chi connectivity index (χ0n) is 11.4. The van der Waals surface area contributed by atoms with Crippen LogP contribution in [0.25, 0.3) is 5.69 Å².